The van der Waals surface area contributed by atoms with Crippen molar-refractivity contribution < 1.29 is 20.1 Å². The van der Waals surface area contributed by atoms with Crippen LogP contribution >= 0.6 is 0 Å². The van der Waals surface area contributed by atoms with Crippen molar-refractivity contribution in [2.24, 2.45) is 0 Å². The van der Waals surface area contributed by atoms with Gasteiger partial charge in [0.15, 0.2) is 0 Å². The maximum absolute atomic E-state index is 10.3. The van der Waals surface area contributed by atoms with E-state index in [0.29, 0.717) is 0 Å². The van der Waals surface area contributed by atoms with Crippen LogP contribution in [0.4, 0.5) is 0 Å². The summed E-state index contributed by atoms with van der Waals surface area (Å²) < 4.78 is 0. The first kappa shape index (κ1) is 21.1. The first-order chi connectivity index (χ1) is 10.6. The van der Waals surface area contributed by atoms with Crippen LogP contribution in [0.15, 0.2) is 12.2 Å². The molecule has 0 aromatic rings. The number of carbonyl (C=O) groups is 1. The van der Waals surface area contributed by atoms with Crippen molar-refractivity contribution in [1.82, 2.24) is 0 Å². The highest BCUT2D eigenvalue weighted by atomic mass is 16.4. The summed E-state index contributed by atoms with van der Waals surface area (Å²) in [6.07, 6.45) is 14.2. The molecule has 0 aromatic carbocycles. The number of hydrogen-bond donors (Lipinski definition) is 3. The second-order valence-corrected chi connectivity index (χ2v) is 6.09. The fourth-order valence-corrected chi connectivity index (χ4v) is 2.47. The Morgan fingerprint density at radius 1 is 0.864 bits per heavy atom. The average molecular weight is 314 g/mol. The van der Waals surface area contributed by atoms with Gasteiger partial charge in [0.05, 0.1) is 12.2 Å². The van der Waals surface area contributed by atoms with Gasteiger partial charge in [0.1, 0.15) is 0 Å². The molecule has 0 spiro atoms. The van der Waals surface area contributed by atoms with Gasteiger partial charge in [-0.05, 0) is 38.5 Å². The van der Waals surface area contributed by atoms with E-state index >= 15 is 0 Å². The van der Waals surface area contributed by atoms with Crippen LogP contribution in [-0.2, 0) is 4.79 Å². The molecule has 2 unspecified atom stereocenters. The molecule has 0 fully saturated rings. The summed E-state index contributed by atoms with van der Waals surface area (Å²) in [5.74, 6) is -0.882. The molecule has 0 aliphatic rings. The molecule has 2 atom stereocenters. The molecular weight excluding hydrogens is 280 g/mol. The van der Waals surface area contributed by atoms with Gasteiger partial charge >= 0.3 is 5.97 Å². The minimum atomic E-state index is -0.882. The summed E-state index contributed by atoms with van der Waals surface area (Å²) >= 11 is 0. The average Bonchev–Trinajstić information content (AvgIpc) is 2.48. The highest BCUT2D eigenvalue weighted by molar-refractivity contribution is 5.79. The topological polar surface area (TPSA) is 77.8 Å². The van der Waals surface area contributed by atoms with E-state index < -0.39 is 5.97 Å². The van der Waals surface area contributed by atoms with Gasteiger partial charge in [0.2, 0.25) is 0 Å². The molecule has 130 valence electrons. The molecule has 0 rings (SSSR count). The van der Waals surface area contributed by atoms with E-state index in [9.17, 15) is 15.0 Å². The van der Waals surface area contributed by atoms with Gasteiger partial charge in [-0.15, -0.1) is 0 Å². The monoisotopic (exact) mass is 314 g/mol. The molecule has 0 heterocycles. The number of hydrogen-bond acceptors (Lipinski definition) is 3. The second kappa shape index (κ2) is 15.0. The maximum atomic E-state index is 10.3. The predicted molar refractivity (Wildman–Crippen MR) is 89.9 cm³/mol. The number of carboxylic acids is 1. The lowest BCUT2D eigenvalue weighted by molar-refractivity contribution is -0.131. The maximum Gasteiger partial charge on any atom is 0.327 e. The van der Waals surface area contributed by atoms with Crippen LogP contribution in [0.1, 0.15) is 84.0 Å². The van der Waals surface area contributed by atoms with Crippen LogP contribution < -0.4 is 0 Å². The van der Waals surface area contributed by atoms with Crippen LogP contribution in [0.25, 0.3) is 0 Å². The largest absolute Gasteiger partial charge is 0.478 e. The van der Waals surface area contributed by atoms with Crippen LogP contribution in [0.2, 0.25) is 0 Å². The van der Waals surface area contributed by atoms with E-state index in [1.807, 2.05) is 6.92 Å². The number of aliphatic carboxylic acids is 1. The molecule has 4 nitrogen and oxygen atoms in total. The van der Waals surface area contributed by atoms with Crippen molar-refractivity contribution in [2.45, 2.75) is 96.2 Å². The minimum Gasteiger partial charge on any atom is -0.478 e. The fraction of sp³-hybridized carbons (Fsp3) is 0.833. The van der Waals surface area contributed by atoms with Crippen molar-refractivity contribution in [3.8, 4) is 0 Å². The van der Waals surface area contributed by atoms with Crippen LogP contribution in [0, 0.1) is 0 Å². The molecule has 0 bridgehead atoms. The summed E-state index contributed by atoms with van der Waals surface area (Å²) in [7, 11) is 0. The Labute approximate surface area is 135 Å². The Morgan fingerprint density at radius 3 is 1.91 bits per heavy atom. The fourth-order valence-electron chi connectivity index (χ4n) is 2.47. The Bertz CT molecular complexity index is 289. The lowest BCUT2D eigenvalue weighted by Gasteiger charge is -2.11. The first-order valence-corrected chi connectivity index (χ1v) is 8.81. The highest BCUT2D eigenvalue weighted by Crippen LogP contribution is 2.14. The predicted octanol–water partition coefficient (Wildman–Crippen LogP) is 4.05. The summed E-state index contributed by atoms with van der Waals surface area (Å²) in [5, 5.41) is 27.7. The van der Waals surface area contributed by atoms with Crippen LogP contribution in [-0.4, -0.2) is 33.5 Å². The van der Waals surface area contributed by atoms with Gasteiger partial charge in [-0.3, -0.25) is 0 Å². The smallest absolute Gasteiger partial charge is 0.327 e. The molecule has 22 heavy (non-hydrogen) atoms. The number of aliphatic hydroxyl groups excluding tert-OH is 2. The van der Waals surface area contributed by atoms with Gasteiger partial charge in [-0.2, -0.15) is 0 Å². The summed E-state index contributed by atoms with van der Waals surface area (Å²) in [5.41, 5.74) is 0. The van der Waals surface area contributed by atoms with Crippen molar-refractivity contribution in [2.75, 3.05) is 0 Å². The lowest BCUT2D eigenvalue weighted by atomic mass is 10.0. The van der Waals surface area contributed by atoms with E-state index in [4.69, 9.17) is 5.11 Å². The SMILES string of the molecule is CCC(O)CCCCCC(O)CCCCCCC=CC(=O)O. The zero-order chi connectivity index (χ0) is 16.6. The number of allylic oxidation sites excluding steroid dienone is 1. The summed E-state index contributed by atoms with van der Waals surface area (Å²) in [4.78, 5) is 10.3. The van der Waals surface area contributed by atoms with Crippen molar-refractivity contribution >= 4 is 5.97 Å². The molecule has 0 aliphatic carbocycles. The van der Waals surface area contributed by atoms with Gasteiger partial charge in [0, 0.05) is 6.08 Å². The van der Waals surface area contributed by atoms with Crippen molar-refractivity contribution in [1.29, 1.82) is 0 Å². The third kappa shape index (κ3) is 15.5. The van der Waals surface area contributed by atoms with Gasteiger partial charge in [-0.25, -0.2) is 4.79 Å². The van der Waals surface area contributed by atoms with E-state index in [0.717, 1.165) is 77.0 Å². The third-order valence-electron chi connectivity index (χ3n) is 3.96. The molecule has 0 saturated heterocycles. The van der Waals surface area contributed by atoms with Crippen molar-refractivity contribution in [3.63, 3.8) is 0 Å². The van der Waals surface area contributed by atoms with Crippen molar-refractivity contribution in [3.05, 3.63) is 12.2 Å². The van der Waals surface area contributed by atoms with E-state index in [-0.39, 0.29) is 12.2 Å². The minimum absolute atomic E-state index is 0.157. The number of unbranched alkanes of at least 4 members (excludes halogenated alkanes) is 6. The molecule has 0 aromatic heterocycles. The number of carboxylic acid groups (broad SMARTS) is 1. The molecule has 0 radical (unpaired) electrons. The third-order valence-corrected chi connectivity index (χ3v) is 3.96. The highest BCUT2D eigenvalue weighted by Gasteiger charge is 2.04. The quantitative estimate of drug-likeness (QED) is 0.315. The number of aliphatic hydroxyl groups is 2. The molecule has 4 heteroatoms. The van der Waals surface area contributed by atoms with Crippen LogP contribution in [0.3, 0.4) is 0 Å². The van der Waals surface area contributed by atoms with E-state index in [2.05, 4.69) is 0 Å². The zero-order valence-corrected chi connectivity index (χ0v) is 14.0. The zero-order valence-electron chi connectivity index (χ0n) is 14.0. The molecule has 0 saturated carbocycles. The standard InChI is InChI=1S/C18H34O4/c1-2-16(19)12-9-7-10-14-17(20)13-8-5-3-4-6-11-15-18(21)22/h11,15-17,19-20H,2-10,12-14H2,1H3,(H,21,22). The Balaban J connectivity index is 3.29. The molecule has 3 N–H and O–H groups in total. The second-order valence-electron chi connectivity index (χ2n) is 6.09. The van der Waals surface area contributed by atoms with E-state index in [1.165, 1.54) is 6.08 Å². The van der Waals surface area contributed by atoms with Crippen LogP contribution in [0.5, 0.6) is 0 Å². The molecule has 0 aliphatic heterocycles. The Morgan fingerprint density at radius 2 is 1.36 bits per heavy atom. The first-order valence-electron chi connectivity index (χ1n) is 8.81. The van der Waals surface area contributed by atoms with Gasteiger partial charge in [-0.1, -0.05) is 51.5 Å². The lowest BCUT2D eigenvalue weighted by Crippen LogP contribution is -2.07. The van der Waals surface area contributed by atoms with Gasteiger partial charge < -0.3 is 15.3 Å². The molecule has 0 amide bonds. The number of rotatable bonds is 15. The Hall–Kier alpha value is -0.870. The van der Waals surface area contributed by atoms with Gasteiger partial charge in [0.25, 0.3) is 0 Å². The summed E-state index contributed by atoms with van der Waals surface area (Å²) in [6, 6.07) is 0. The summed E-state index contributed by atoms with van der Waals surface area (Å²) in [6.45, 7) is 2.00. The molecular formula is C18H34O4. The normalized spacial score (nSPS) is 14.3. The van der Waals surface area contributed by atoms with E-state index in [1.54, 1.807) is 6.08 Å². The Kier molecular flexibility index (Phi) is 14.4.